The lowest BCUT2D eigenvalue weighted by molar-refractivity contribution is -0.137. The number of carboxylic acids is 1. The highest BCUT2D eigenvalue weighted by atomic mass is 16.6. The van der Waals surface area contributed by atoms with Gasteiger partial charge in [0.05, 0.1) is 6.42 Å². The SMILES string of the molecule is [C-]#[N+]C1(CCC(=O)O)CCN(C(=O)OC(C)(C)C)CC1. The third-order valence-corrected chi connectivity index (χ3v) is 3.39. The van der Waals surface area contributed by atoms with Crippen LogP contribution in [0.25, 0.3) is 4.85 Å². The quantitative estimate of drug-likeness (QED) is 0.807. The van der Waals surface area contributed by atoms with Crippen LogP contribution < -0.4 is 0 Å². The molecule has 0 aromatic rings. The van der Waals surface area contributed by atoms with Crippen LogP contribution in [-0.4, -0.2) is 46.3 Å². The molecule has 0 spiro atoms. The van der Waals surface area contributed by atoms with Crippen LogP contribution in [0.1, 0.15) is 46.5 Å². The number of hydrogen-bond donors (Lipinski definition) is 1. The number of nitrogens with zero attached hydrogens (tertiary/aromatic N) is 2. The molecule has 1 fully saturated rings. The Kier molecular flexibility index (Phi) is 4.98. The van der Waals surface area contributed by atoms with Crippen LogP contribution in [-0.2, 0) is 9.53 Å². The number of amides is 1. The van der Waals surface area contributed by atoms with Crippen LogP contribution in [0.2, 0.25) is 0 Å². The molecular weight excluding hydrogens is 260 g/mol. The van der Waals surface area contributed by atoms with E-state index in [1.54, 1.807) is 4.90 Å². The fourth-order valence-electron chi connectivity index (χ4n) is 2.19. The van der Waals surface area contributed by atoms with Gasteiger partial charge in [0.25, 0.3) is 0 Å². The van der Waals surface area contributed by atoms with Gasteiger partial charge in [0.2, 0.25) is 5.54 Å². The monoisotopic (exact) mass is 282 g/mol. The van der Waals surface area contributed by atoms with Crippen LogP contribution in [0.4, 0.5) is 4.79 Å². The highest BCUT2D eigenvalue weighted by Gasteiger charge is 2.42. The van der Waals surface area contributed by atoms with E-state index in [-0.39, 0.29) is 12.5 Å². The highest BCUT2D eigenvalue weighted by molar-refractivity contribution is 5.68. The van der Waals surface area contributed by atoms with Gasteiger partial charge in [-0.2, -0.15) is 0 Å². The summed E-state index contributed by atoms with van der Waals surface area (Å²) in [4.78, 5) is 27.8. The Morgan fingerprint density at radius 3 is 2.30 bits per heavy atom. The summed E-state index contributed by atoms with van der Waals surface area (Å²) in [6.45, 7) is 13.6. The summed E-state index contributed by atoms with van der Waals surface area (Å²) in [7, 11) is 0. The van der Waals surface area contributed by atoms with Crippen molar-refractivity contribution >= 4 is 12.1 Å². The van der Waals surface area contributed by atoms with E-state index in [1.165, 1.54) is 0 Å². The molecule has 6 heteroatoms. The summed E-state index contributed by atoms with van der Waals surface area (Å²) in [5.41, 5.74) is -1.17. The van der Waals surface area contributed by atoms with Gasteiger partial charge in [-0.1, -0.05) is 0 Å². The van der Waals surface area contributed by atoms with E-state index in [4.69, 9.17) is 16.4 Å². The Labute approximate surface area is 119 Å². The second-order valence-electron chi connectivity index (χ2n) is 6.20. The minimum Gasteiger partial charge on any atom is -0.481 e. The van der Waals surface area contributed by atoms with Gasteiger partial charge in [-0.05, 0) is 20.8 Å². The van der Waals surface area contributed by atoms with E-state index in [9.17, 15) is 9.59 Å². The van der Waals surface area contributed by atoms with Gasteiger partial charge in [0.1, 0.15) is 5.60 Å². The van der Waals surface area contributed by atoms with Crippen molar-refractivity contribution < 1.29 is 19.4 Å². The standard InChI is InChI=1S/C14H22N2O4/c1-13(2,3)20-12(19)16-9-7-14(15-4,8-10-16)6-5-11(17)18/h5-10H2,1-3H3,(H,17,18). The second-order valence-corrected chi connectivity index (χ2v) is 6.20. The third-order valence-electron chi connectivity index (χ3n) is 3.39. The second kappa shape index (κ2) is 6.12. The minimum absolute atomic E-state index is 0.00514. The number of carbonyl (C=O) groups is 2. The third kappa shape index (κ3) is 4.72. The van der Waals surface area contributed by atoms with Gasteiger partial charge in [0, 0.05) is 32.4 Å². The molecule has 0 bridgehead atoms. The number of aliphatic carboxylic acids is 1. The summed E-state index contributed by atoms with van der Waals surface area (Å²) in [6, 6.07) is 0. The maximum Gasteiger partial charge on any atom is 0.410 e. The first kappa shape index (κ1) is 16.3. The summed E-state index contributed by atoms with van der Waals surface area (Å²) >= 11 is 0. The lowest BCUT2D eigenvalue weighted by Gasteiger charge is -2.34. The molecule has 20 heavy (non-hydrogen) atoms. The molecule has 6 nitrogen and oxygen atoms in total. The predicted octanol–water partition coefficient (Wildman–Crippen LogP) is 2.54. The molecule has 0 atom stereocenters. The normalized spacial score (nSPS) is 18.2. The molecule has 1 aliphatic rings. The first-order valence-electron chi connectivity index (χ1n) is 6.76. The van der Waals surface area contributed by atoms with Crippen molar-refractivity contribution in [3.05, 3.63) is 11.4 Å². The van der Waals surface area contributed by atoms with Crippen LogP contribution in [0.3, 0.4) is 0 Å². The van der Waals surface area contributed by atoms with Crippen molar-refractivity contribution in [2.45, 2.75) is 57.6 Å². The van der Waals surface area contributed by atoms with Gasteiger partial charge in [0.15, 0.2) is 0 Å². The van der Waals surface area contributed by atoms with Crippen LogP contribution in [0.5, 0.6) is 0 Å². The molecule has 0 aromatic carbocycles. The molecular formula is C14H22N2O4. The number of hydrogen-bond acceptors (Lipinski definition) is 3. The van der Waals surface area contributed by atoms with Crippen molar-refractivity contribution in [2.24, 2.45) is 0 Å². The van der Waals surface area contributed by atoms with Crippen molar-refractivity contribution in [3.8, 4) is 0 Å². The lowest BCUT2D eigenvalue weighted by atomic mass is 9.84. The molecule has 1 N–H and O–H groups in total. The first-order chi connectivity index (χ1) is 9.17. The lowest BCUT2D eigenvalue weighted by Crippen LogP contribution is -2.47. The van der Waals surface area contributed by atoms with E-state index >= 15 is 0 Å². The van der Waals surface area contributed by atoms with E-state index < -0.39 is 17.1 Å². The van der Waals surface area contributed by atoms with Gasteiger partial charge in [-0.3, -0.25) is 4.79 Å². The van der Waals surface area contributed by atoms with Crippen LogP contribution >= 0.6 is 0 Å². The zero-order chi connectivity index (χ0) is 15.4. The van der Waals surface area contributed by atoms with Crippen molar-refractivity contribution in [2.75, 3.05) is 13.1 Å². The maximum absolute atomic E-state index is 11.9. The molecule has 0 saturated carbocycles. The Morgan fingerprint density at radius 1 is 1.35 bits per heavy atom. The fourth-order valence-corrected chi connectivity index (χ4v) is 2.19. The van der Waals surface area contributed by atoms with Crippen molar-refractivity contribution in [3.63, 3.8) is 0 Å². The Hall–Kier alpha value is -1.77. The molecule has 1 saturated heterocycles. The number of carboxylic acid groups (broad SMARTS) is 1. The maximum atomic E-state index is 11.9. The van der Waals surface area contributed by atoms with E-state index in [0.29, 0.717) is 32.4 Å². The predicted molar refractivity (Wildman–Crippen MR) is 73.2 cm³/mol. The minimum atomic E-state index is -0.886. The van der Waals surface area contributed by atoms with E-state index in [1.807, 2.05) is 20.8 Å². The van der Waals surface area contributed by atoms with Gasteiger partial charge in [-0.15, -0.1) is 0 Å². The number of piperidine rings is 1. The number of likely N-dealkylation sites (tertiary alicyclic amines) is 1. The topological polar surface area (TPSA) is 71.2 Å². The van der Waals surface area contributed by atoms with Crippen molar-refractivity contribution in [1.29, 1.82) is 0 Å². The zero-order valence-electron chi connectivity index (χ0n) is 12.3. The first-order valence-corrected chi connectivity index (χ1v) is 6.76. The number of rotatable bonds is 3. The average molecular weight is 282 g/mol. The molecule has 0 unspecified atom stereocenters. The molecule has 0 radical (unpaired) electrons. The smallest absolute Gasteiger partial charge is 0.410 e. The Balaban J connectivity index is 2.55. The molecule has 1 amide bonds. The molecule has 1 heterocycles. The molecule has 112 valence electrons. The molecule has 0 aliphatic carbocycles. The average Bonchev–Trinajstić information content (AvgIpc) is 2.35. The largest absolute Gasteiger partial charge is 0.481 e. The number of carbonyl (C=O) groups excluding carboxylic acids is 1. The van der Waals surface area contributed by atoms with Crippen LogP contribution in [0, 0.1) is 6.57 Å². The Morgan fingerprint density at radius 2 is 1.90 bits per heavy atom. The number of ether oxygens (including phenoxy) is 1. The fraction of sp³-hybridized carbons (Fsp3) is 0.786. The van der Waals surface area contributed by atoms with Gasteiger partial charge < -0.3 is 19.6 Å². The molecule has 1 rings (SSSR count). The Bertz CT molecular complexity index is 412. The highest BCUT2D eigenvalue weighted by Crippen LogP contribution is 2.31. The van der Waals surface area contributed by atoms with Gasteiger partial charge >= 0.3 is 12.1 Å². The van der Waals surface area contributed by atoms with Gasteiger partial charge in [-0.25, -0.2) is 11.4 Å². The molecule has 1 aliphatic heterocycles. The summed E-state index contributed by atoms with van der Waals surface area (Å²) < 4.78 is 5.29. The summed E-state index contributed by atoms with van der Waals surface area (Å²) in [5.74, 6) is -0.886. The summed E-state index contributed by atoms with van der Waals surface area (Å²) in [5, 5.41) is 8.73. The molecule has 0 aromatic heterocycles. The van der Waals surface area contributed by atoms with E-state index in [2.05, 4.69) is 4.85 Å². The van der Waals surface area contributed by atoms with Crippen molar-refractivity contribution in [1.82, 2.24) is 4.90 Å². The van der Waals surface area contributed by atoms with Crippen LogP contribution in [0.15, 0.2) is 0 Å². The van der Waals surface area contributed by atoms with E-state index in [0.717, 1.165) is 0 Å². The summed E-state index contributed by atoms with van der Waals surface area (Å²) in [6.07, 6.45) is 0.976. The zero-order valence-corrected chi connectivity index (χ0v) is 12.3.